The van der Waals surface area contributed by atoms with Crippen molar-refractivity contribution >= 4 is 17.2 Å². The standard InChI is InChI=1S/C21H27N3OS/c1-15-23-18(14-26-15)13-24-10-8-16(9-11-24)12-22-21(25)20-7-6-17-4-2-3-5-19(17)20/h2-5,14,16,20H,6-13H2,1H3,(H,22,25). The fourth-order valence-corrected chi connectivity index (χ4v) is 4.86. The van der Waals surface area contributed by atoms with Crippen molar-refractivity contribution in [3.8, 4) is 0 Å². The molecule has 1 atom stereocenters. The van der Waals surface area contributed by atoms with Crippen molar-refractivity contribution in [3.05, 3.63) is 51.5 Å². The average molecular weight is 370 g/mol. The van der Waals surface area contributed by atoms with E-state index in [1.165, 1.54) is 16.8 Å². The lowest BCUT2D eigenvalue weighted by atomic mass is 9.95. The van der Waals surface area contributed by atoms with Crippen molar-refractivity contribution in [2.24, 2.45) is 5.92 Å². The van der Waals surface area contributed by atoms with Crippen LogP contribution >= 0.6 is 11.3 Å². The molecular weight excluding hydrogens is 342 g/mol. The Labute approximate surface area is 159 Å². The van der Waals surface area contributed by atoms with E-state index in [9.17, 15) is 4.79 Å². The van der Waals surface area contributed by atoms with E-state index in [0.29, 0.717) is 5.92 Å². The SMILES string of the molecule is Cc1nc(CN2CCC(CNC(=O)C3CCc4ccccc43)CC2)cs1. The Morgan fingerprint density at radius 1 is 1.27 bits per heavy atom. The minimum absolute atomic E-state index is 0.0548. The second-order valence-corrected chi connectivity index (χ2v) is 8.67. The Morgan fingerprint density at radius 2 is 2.08 bits per heavy atom. The Balaban J connectivity index is 1.22. The molecule has 1 saturated heterocycles. The molecule has 4 rings (SSSR count). The monoisotopic (exact) mass is 369 g/mol. The molecule has 0 radical (unpaired) electrons. The van der Waals surface area contributed by atoms with Crippen molar-refractivity contribution < 1.29 is 4.79 Å². The van der Waals surface area contributed by atoms with Gasteiger partial charge in [-0.05, 0) is 62.7 Å². The van der Waals surface area contributed by atoms with Gasteiger partial charge in [0.05, 0.1) is 16.6 Å². The molecule has 0 saturated carbocycles. The number of aromatic nitrogens is 1. The zero-order valence-electron chi connectivity index (χ0n) is 15.4. The number of rotatable bonds is 5. The zero-order chi connectivity index (χ0) is 17.9. The molecule has 138 valence electrons. The van der Waals surface area contributed by atoms with E-state index in [1.54, 1.807) is 11.3 Å². The summed E-state index contributed by atoms with van der Waals surface area (Å²) in [6.07, 6.45) is 4.30. The molecule has 2 heterocycles. The number of hydrogen-bond donors (Lipinski definition) is 1. The van der Waals surface area contributed by atoms with Crippen LogP contribution in [0.2, 0.25) is 0 Å². The van der Waals surface area contributed by atoms with Crippen LogP contribution in [0, 0.1) is 12.8 Å². The maximum absolute atomic E-state index is 12.6. The highest BCUT2D eigenvalue weighted by atomic mass is 32.1. The molecule has 1 aromatic carbocycles. The molecule has 1 aliphatic carbocycles. The van der Waals surface area contributed by atoms with Crippen LogP contribution in [0.3, 0.4) is 0 Å². The van der Waals surface area contributed by atoms with Crippen LogP contribution in [-0.4, -0.2) is 35.4 Å². The number of amides is 1. The third-order valence-electron chi connectivity index (χ3n) is 5.77. The second kappa shape index (κ2) is 7.89. The first-order chi connectivity index (χ1) is 12.7. The van der Waals surface area contributed by atoms with Gasteiger partial charge < -0.3 is 5.32 Å². The average Bonchev–Trinajstić information content (AvgIpc) is 3.27. The molecule has 1 amide bonds. The van der Waals surface area contributed by atoms with Crippen LogP contribution in [-0.2, 0) is 17.8 Å². The molecule has 26 heavy (non-hydrogen) atoms. The van der Waals surface area contributed by atoms with Crippen LogP contribution in [0.15, 0.2) is 29.6 Å². The van der Waals surface area contributed by atoms with Gasteiger partial charge >= 0.3 is 0 Å². The van der Waals surface area contributed by atoms with Crippen molar-refractivity contribution in [1.82, 2.24) is 15.2 Å². The third-order valence-corrected chi connectivity index (χ3v) is 6.60. The summed E-state index contributed by atoms with van der Waals surface area (Å²) >= 11 is 1.73. The van der Waals surface area contributed by atoms with Gasteiger partial charge in [0.25, 0.3) is 0 Å². The number of benzene rings is 1. The lowest BCUT2D eigenvalue weighted by Gasteiger charge is -2.31. The fourth-order valence-electron chi connectivity index (χ4n) is 4.26. The number of nitrogens with zero attached hydrogens (tertiary/aromatic N) is 2. The zero-order valence-corrected chi connectivity index (χ0v) is 16.2. The van der Waals surface area contributed by atoms with Gasteiger partial charge in [0.1, 0.15) is 0 Å². The number of hydrogen-bond acceptors (Lipinski definition) is 4. The quantitative estimate of drug-likeness (QED) is 0.877. The normalized spacial score (nSPS) is 20.9. The van der Waals surface area contributed by atoms with Crippen LogP contribution in [0.1, 0.15) is 47.0 Å². The van der Waals surface area contributed by atoms with E-state index in [-0.39, 0.29) is 11.8 Å². The van der Waals surface area contributed by atoms with Gasteiger partial charge in [0.2, 0.25) is 5.91 Å². The fraction of sp³-hybridized carbons (Fsp3) is 0.524. The molecule has 1 aromatic heterocycles. The number of likely N-dealkylation sites (tertiary alicyclic amines) is 1. The van der Waals surface area contributed by atoms with Gasteiger partial charge in [0, 0.05) is 18.5 Å². The predicted octanol–water partition coefficient (Wildman–Crippen LogP) is 3.51. The minimum Gasteiger partial charge on any atom is -0.355 e. The molecule has 1 fully saturated rings. The summed E-state index contributed by atoms with van der Waals surface area (Å²) in [5.74, 6) is 0.874. The van der Waals surface area contributed by atoms with E-state index < -0.39 is 0 Å². The molecule has 1 N–H and O–H groups in total. The largest absolute Gasteiger partial charge is 0.355 e. The second-order valence-electron chi connectivity index (χ2n) is 7.61. The maximum Gasteiger partial charge on any atom is 0.227 e. The number of carbonyl (C=O) groups excluding carboxylic acids is 1. The summed E-state index contributed by atoms with van der Waals surface area (Å²) in [7, 11) is 0. The Morgan fingerprint density at radius 3 is 2.85 bits per heavy atom. The number of carbonyl (C=O) groups is 1. The summed E-state index contributed by atoms with van der Waals surface area (Å²) in [4.78, 5) is 19.7. The molecule has 4 nitrogen and oxygen atoms in total. The molecule has 2 aromatic rings. The van der Waals surface area contributed by atoms with Crippen molar-refractivity contribution in [2.45, 2.75) is 45.1 Å². The Kier molecular flexibility index (Phi) is 5.36. The van der Waals surface area contributed by atoms with Crippen molar-refractivity contribution in [2.75, 3.05) is 19.6 Å². The highest BCUT2D eigenvalue weighted by molar-refractivity contribution is 7.09. The molecule has 1 aliphatic heterocycles. The van der Waals surface area contributed by atoms with Gasteiger partial charge in [-0.1, -0.05) is 24.3 Å². The molecule has 2 aliphatic rings. The first-order valence-electron chi connectivity index (χ1n) is 9.68. The molecule has 0 bridgehead atoms. The van der Waals surface area contributed by atoms with E-state index in [1.807, 2.05) is 6.07 Å². The van der Waals surface area contributed by atoms with Crippen LogP contribution < -0.4 is 5.32 Å². The van der Waals surface area contributed by atoms with Gasteiger partial charge in [-0.15, -0.1) is 11.3 Å². The first-order valence-corrected chi connectivity index (χ1v) is 10.6. The summed E-state index contributed by atoms with van der Waals surface area (Å²) in [5.41, 5.74) is 3.77. The molecule has 0 spiro atoms. The highest BCUT2D eigenvalue weighted by Gasteiger charge is 2.29. The number of piperidine rings is 1. The van der Waals surface area contributed by atoms with E-state index in [4.69, 9.17) is 0 Å². The number of fused-ring (bicyclic) bond motifs is 1. The van der Waals surface area contributed by atoms with Crippen LogP contribution in [0.5, 0.6) is 0 Å². The van der Waals surface area contributed by atoms with Crippen LogP contribution in [0.4, 0.5) is 0 Å². The smallest absolute Gasteiger partial charge is 0.227 e. The van der Waals surface area contributed by atoms with Gasteiger partial charge in [-0.25, -0.2) is 4.98 Å². The highest BCUT2D eigenvalue weighted by Crippen LogP contribution is 2.33. The van der Waals surface area contributed by atoms with Crippen molar-refractivity contribution in [3.63, 3.8) is 0 Å². The number of aryl methyl sites for hydroxylation is 2. The maximum atomic E-state index is 12.6. The lowest BCUT2D eigenvalue weighted by molar-refractivity contribution is -0.122. The summed E-state index contributed by atoms with van der Waals surface area (Å²) in [6, 6.07) is 8.39. The van der Waals surface area contributed by atoms with E-state index >= 15 is 0 Å². The molecule has 1 unspecified atom stereocenters. The van der Waals surface area contributed by atoms with Crippen LogP contribution in [0.25, 0.3) is 0 Å². The first kappa shape index (κ1) is 17.7. The van der Waals surface area contributed by atoms with Crippen molar-refractivity contribution in [1.29, 1.82) is 0 Å². The summed E-state index contributed by atoms with van der Waals surface area (Å²) in [5, 5.41) is 6.55. The summed E-state index contributed by atoms with van der Waals surface area (Å²) in [6.45, 7) is 6.04. The third kappa shape index (κ3) is 3.99. The van der Waals surface area contributed by atoms with Gasteiger partial charge in [-0.2, -0.15) is 0 Å². The van der Waals surface area contributed by atoms with Gasteiger partial charge in [-0.3, -0.25) is 9.69 Å². The minimum atomic E-state index is 0.0548. The number of thiazole rings is 1. The van der Waals surface area contributed by atoms with E-state index in [2.05, 4.69) is 45.7 Å². The predicted molar refractivity (Wildman–Crippen MR) is 105 cm³/mol. The lowest BCUT2D eigenvalue weighted by Crippen LogP contribution is -2.39. The Hall–Kier alpha value is -1.72. The molecule has 5 heteroatoms. The molecular formula is C21H27N3OS. The van der Waals surface area contributed by atoms with Gasteiger partial charge in [0.15, 0.2) is 0 Å². The Bertz CT molecular complexity index is 764. The summed E-state index contributed by atoms with van der Waals surface area (Å²) < 4.78 is 0. The topological polar surface area (TPSA) is 45.2 Å². The van der Waals surface area contributed by atoms with E-state index in [0.717, 1.165) is 56.9 Å². The number of nitrogens with one attached hydrogen (secondary N) is 1.